The number of hydrazine groups is 1. The highest BCUT2D eigenvalue weighted by Gasteiger charge is 2.18. The number of ether oxygens (including phenoxy) is 3. The lowest BCUT2D eigenvalue weighted by atomic mass is 10.1. The Morgan fingerprint density at radius 1 is 1.00 bits per heavy atom. The van der Waals surface area contributed by atoms with Gasteiger partial charge >= 0.3 is 0 Å². The smallest absolute Gasteiger partial charge is 0.283 e. The van der Waals surface area contributed by atoms with Crippen molar-refractivity contribution in [3.8, 4) is 17.2 Å². The van der Waals surface area contributed by atoms with Crippen molar-refractivity contribution in [1.82, 2.24) is 20.4 Å². The van der Waals surface area contributed by atoms with Crippen LogP contribution in [0.5, 0.6) is 17.2 Å². The Hall–Kier alpha value is -2.88. The zero-order chi connectivity index (χ0) is 17.7. The molecule has 2 amide bonds. The summed E-state index contributed by atoms with van der Waals surface area (Å²) in [5.41, 5.74) is 5.33. The summed E-state index contributed by atoms with van der Waals surface area (Å²) in [7, 11) is 4.35. The molecule has 1 aromatic heterocycles. The molecule has 2 aromatic rings. The molecule has 0 bridgehead atoms. The molecule has 9 nitrogen and oxygen atoms in total. The molecular formula is C14H16N4O5S. The first-order valence-electron chi connectivity index (χ1n) is 6.71. The minimum atomic E-state index is -0.544. The number of amides is 2. The van der Waals surface area contributed by atoms with Gasteiger partial charge in [0.25, 0.3) is 11.8 Å². The Bertz CT molecular complexity index is 736. The predicted molar refractivity (Wildman–Crippen MR) is 85.7 cm³/mol. The summed E-state index contributed by atoms with van der Waals surface area (Å²) < 4.78 is 19.2. The molecule has 0 radical (unpaired) electrons. The van der Waals surface area contributed by atoms with Gasteiger partial charge in [-0.05, 0) is 30.6 Å². The van der Waals surface area contributed by atoms with E-state index in [0.717, 1.165) is 11.5 Å². The van der Waals surface area contributed by atoms with E-state index >= 15 is 0 Å². The molecule has 0 fully saturated rings. The van der Waals surface area contributed by atoms with Crippen molar-refractivity contribution in [2.24, 2.45) is 0 Å². The third-order valence-corrected chi connectivity index (χ3v) is 3.90. The fourth-order valence-electron chi connectivity index (χ4n) is 1.89. The van der Waals surface area contributed by atoms with E-state index in [9.17, 15) is 9.59 Å². The van der Waals surface area contributed by atoms with Crippen LogP contribution in [0.4, 0.5) is 0 Å². The molecule has 2 N–H and O–H groups in total. The van der Waals surface area contributed by atoms with Crippen LogP contribution in [0.25, 0.3) is 0 Å². The van der Waals surface area contributed by atoms with Crippen molar-refractivity contribution in [2.75, 3.05) is 21.3 Å². The maximum absolute atomic E-state index is 12.2. The van der Waals surface area contributed by atoms with Crippen LogP contribution in [0, 0.1) is 6.92 Å². The lowest BCUT2D eigenvalue weighted by molar-refractivity contribution is 0.0848. The van der Waals surface area contributed by atoms with Crippen LogP contribution in [-0.4, -0.2) is 42.7 Å². The number of carbonyl (C=O) groups excluding carboxylic acids is 2. The van der Waals surface area contributed by atoms with E-state index in [2.05, 4.69) is 20.4 Å². The van der Waals surface area contributed by atoms with Gasteiger partial charge in [0.1, 0.15) is 4.88 Å². The highest BCUT2D eigenvalue weighted by molar-refractivity contribution is 7.07. The number of hydrogen-bond donors (Lipinski definition) is 2. The number of aromatic nitrogens is 2. The Morgan fingerprint density at radius 2 is 1.58 bits per heavy atom. The molecule has 0 aliphatic rings. The minimum absolute atomic E-state index is 0.226. The second-order valence-electron chi connectivity index (χ2n) is 4.51. The summed E-state index contributed by atoms with van der Waals surface area (Å²) >= 11 is 0.941. The Balaban J connectivity index is 2.15. The fraction of sp³-hybridized carbons (Fsp3) is 0.286. The van der Waals surface area contributed by atoms with Crippen molar-refractivity contribution >= 4 is 23.3 Å². The fourth-order valence-corrected chi connectivity index (χ4v) is 2.45. The summed E-state index contributed by atoms with van der Waals surface area (Å²) in [4.78, 5) is 24.5. The monoisotopic (exact) mass is 352 g/mol. The van der Waals surface area contributed by atoms with Gasteiger partial charge in [-0.1, -0.05) is 4.49 Å². The quantitative estimate of drug-likeness (QED) is 0.771. The third-order valence-electron chi connectivity index (χ3n) is 3.07. The van der Waals surface area contributed by atoms with Crippen LogP contribution in [0.1, 0.15) is 25.7 Å². The first-order valence-corrected chi connectivity index (χ1v) is 7.48. The minimum Gasteiger partial charge on any atom is -0.493 e. The number of aryl methyl sites for hydroxylation is 1. The molecule has 2 rings (SSSR count). The average molecular weight is 352 g/mol. The average Bonchev–Trinajstić information content (AvgIpc) is 3.03. The standard InChI is InChI=1S/C14H16N4O5S/c1-7-12(24-18-15-7)14(20)17-16-13(19)8-5-9(21-2)11(23-4)10(6-8)22-3/h5-6H,1-4H3,(H,16,19)(H,17,20). The molecule has 24 heavy (non-hydrogen) atoms. The first-order chi connectivity index (χ1) is 11.5. The molecule has 1 aromatic carbocycles. The molecule has 0 spiro atoms. The number of nitrogens with one attached hydrogen (secondary N) is 2. The number of benzene rings is 1. The van der Waals surface area contributed by atoms with Crippen molar-refractivity contribution in [2.45, 2.75) is 6.92 Å². The SMILES string of the molecule is COc1cc(C(=O)NNC(=O)c2snnc2C)cc(OC)c1OC. The van der Waals surface area contributed by atoms with Gasteiger partial charge in [-0.15, -0.1) is 5.10 Å². The summed E-state index contributed by atoms with van der Waals surface area (Å²) in [5.74, 6) is -0.0142. The molecule has 0 unspecified atom stereocenters. The molecule has 128 valence electrons. The molecule has 0 saturated heterocycles. The van der Waals surface area contributed by atoms with E-state index in [4.69, 9.17) is 14.2 Å². The molecule has 1 heterocycles. The maximum Gasteiger partial charge on any atom is 0.283 e. The van der Waals surface area contributed by atoms with Gasteiger partial charge < -0.3 is 14.2 Å². The van der Waals surface area contributed by atoms with Gasteiger partial charge in [-0.3, -0.25) is 20.4 Å². The van der Waals surface area contributed by atoms with Crippen LogP contribution in [0.2, 0.25) is 0 Å². The second kappa shape index (κ2) is 7.59. The number of nitrogens with zero attached hydrogens (tertiary/aromatic N) is 2. The highest BCUT2D eigenvalue weighted by Crippen LogP contribution is 2.38. The first kappa shape index (κ1) is 17.5. The predicted octanol–water partition coefficient (Wildman–Crippen LogP) is 0.947. The lowest BCUT2D eigenvalue weighted by Gasteiger charge is -2.14. The van der Waals surface area contributed by atoms with Crippen LogP contribution in [-0.2, 0) is 0 Å². The molecule has 0 aliphatic heterocycles. The normalized spacial score (nSPS) is 10.0. The Kier molecular flexibility index (Phi) is 5.53. The zero-order valence-corrected chi connectivity index (χ0v) is 14.3. The van der Waals surface area contributed by atoms with E-state index in [0.29, 0.717) is 27.8 Å². The number of rotatable bonds is 5. The zero-order valence-electron chi connectivity index (χ0n) is 13.5. The molecule has 0 saturated carbocycles. The lowest BCUT2D eigenvalue weighted by Crippen LogP contribution is -2.41. The van der Waals surface area contributed by atoms with Crippen molar-refractivity contribution in [3.63, 3.8) is 0 Å². The summed E-state index contributed by atoms with van der Waals surface area (Å²) in [6.45, 7) is 1.65. The Labute approximate surface area is 142 Å². The van der Waals surface area contributed by atoms with E-state index in [1.54, 1.807) is 6.92 Å². The van der Waals surface area contributed by atoms with E-state index in [-0.39, 0.29) is 5.56 Å². The van der Waals surface area contributed by atoms with Gasteiger partial charge in [0.2, 0.25) is 5.75 Å². The van der Waals surface area contributed by atoms with Gasteiger partial charge in [-0.2, -0.15) is 0 Å². The van der Waals surface area contributed by atoms with Crippen LogP contribution in [0.3, 0.4) is 0 Å². The van der Waals surface area contributed by atoms with Crippen LogP contribution in [0.15, 0.2) is 12.1 Å². The highest BCUT2D eigenvalue weighted by atomic mass is 32.1. The molecule has 0 atom stereocenters. The number of hydrogen-bond acceptors (Lipinski definition) is 8. The van der Waals surface area contributed by atoms with E-state index in [1.807, 2.05) is 0 Å². The summed E-state index contributed by atoms with van der Waals surface area (Å²) in [5, 5.41) is 3.74. The van der Waals surface area contributed by atoms with Crippen LogP contribution < -0.4 is 25.1 Å². The number of carbonyl (C=O) groups is 2. The summed E-state index contributed by atoms with van der Waals surface area (Å²) in [6, 6.07) is 2.95. The van der Waals surface area contributed by atoms with Gasteiger partial charge in [0.15, 0.2) is 11.5 Å². The largest absolute Gasteiger partial charge is 0.493 e. The van der Waals surface area contributed by atoms with Gasteiger partial charge in [-0.25, -0.2) is 0 Å². The van der Waals surface area contributed by atoms with Gasteiger partial charge in [0.05, 0.1) is 27.0 Å². The molecule has 10 heteroatoms. The second-order valence-corrected chi connectivity index (χ2v) is 5.26. The van der Waals surface area contributed by atoms with E-state index < -0.39 is 11.8 Å². The van der Waals surface area contributed by atoms with Crippen molar-refractivity contribution < 1.29 is 23.8 Å². The maximum atomic E-state index is 12.2. The Morgan fingerprint density at radius 3 is 2.04 bits per heavy atom. The van der Waals surface area contributed by atoms with E-state index in [1.165, 1.54) is 33.5 Å². The van der Waals surface area contributed by atoms with Crippen molar-refractivity contribution in [3.05, 3.63) is 28.3 Å². The number of methoxy groups -OCH3 is 3. The topological polar surface area (TPSA) is 112 Å². The van der Waals surface area contributed by atoms with Crippen molar-refractivity contribution in [1.29, 1.82) is 0 Å². The third kappa shape index (κ3) is 3.54. The van der Waals surface area contributed by atoms with Crippen LogP contribution >= 0.6 is 11.5 Å². The summed E-state index contributed by atoms with van der Waals surface area (Å²) in [6.07, 6.45) is 0. The van der Waals surface area contributed by atoms with Gasteiger partial charge in [0, 0.05) is 5.56 Å². The molecular weight excluding hydrogens is 336 g/mol. The molecule has 0 aliphatic carbocycles.